The maximum atomic E-state index is 5.49. The summed E-state index contributed by atoms with van der Waals surface area (Å²) >= 11 is 0. The van der Waals surface area contributed by atoms with Crippen LogP contribution in [0.3, 0.4) is 0 Å². The molecule has 1 unspecified atom stereocenters. The van der Waals surface area contributed by atoms with E-state index < -0.39 is 0 Å². The topological polar surface area (TPSA) is 47.3 Å². The van der Waals surface area contributed by atoms with Gasteiger partial charge in [-0.25, -0.2) is 0 Å². The molecule has 2 rings (SSSR count). The standard InChI is InChI=1S/C13H20N2O/c1-16-11-5-3-10-4-6-13(12(10)9-11)15-8-2-7-14/h3,5,9,13,15H,2,4,6-8,14H2,1H3. The Morgan fingerprint density at radius 2 is 2.38 bits per heavy atom. The summed E-state index contributed by atoms with van der Waals surface area (Å²) < 4.78 is 5.27. The first-order valence-electron chi connectivity index (χ1n) is 5.95. The van der Waals surface area contributed by atoms with E-state index in [4.69, 9.17) is 10.5 Å². The third-order valence-electron chi connectivity index (χ3n) is 3.20. The summed E-state index contributed by atoms with van der Waals surface area (Å²) in [6.07, 6.45) is 3.39. The Hall–Kier alpha value is -1.06. The van der Waals surface area contributed by atoms with Gasteiger partial charge in [-0.3, -0.25) is 0 Å². The van der Waals surface area contributed by atoms with E-state index in [0.29, 0.717) is 6.04 Å². The zero-order valence-corrected chi connectivity index (χ0v) is 9.83. The number of rotatable bonds is 5. The third-order valence-corrected chi connectivity index (χ3v) is 3.20. The number of hydrogen-bond acceptors (Lipinski definition) is 3. The van der Waals surface area contributed by atoms with Gasteiger partial charge in [0.25, 0.3) is 0 Å². The van der Waals surface area contributed by atoms with Gasteiger partial charge in [-0.2, -0.15) is 0 Å². The van der Waals surface area contributed by atoms with E-state index in [1.165, 1.54) is 24.0 Å². The minimum absolute atomic E-state index is 0.483. The molecule has 0 saturated carbocycles. The molecule has 0 fully saturated rings. The van der Waals surface area contributed by atoms with Crippen molar-refractivity contribution in [3.8, 4) is 5.75 Å². The highest BCUT2D eigenvalue weighted by Gasteiger charge is 2.21. The molecule has 1 aromatic rings. The Labute approximate surface area is 97.0 Å². The maximum Gasteiger partial charge on any atom is 0.119 e. The molecule has 0 aromatic heterocycles. The van der Waals surface area contributed by atoms with E-state index in [9.17, 15) is 0 Å². The minimum Gasteiger partial charge on any atom is -0.497 e. The summed E-state index contributed by atoms with van der Waals surface area (Å²) in [6, 6.07) is 6.86. The van der Waals surface area contributed by atoms with E-state index in [2.05, 4.69) is 17.4 Å². The van der Waals surface area contributed by atoms with Crippen LogP contribution in [0.2, 0.25) is 0 Å². The number of fused-ring (bicyclic) bond motifs is 1. The van der Waals surface area contributed by atoms with Crippen LogP contribution in [0.25, 0.3) is 0 Å². The fraction of sp³-hybridized carbons (Fsp3) is 0.538. The van der Waals surface area contributed by atoms with Gasteiger partial charge in [0.2, 0.25) is 0 Å². The number of aryl methyl sites for hydroxylation is 1. The molecule has 1 aliphatic rings. The van der Waals surface area contributed by atoms with Crippen molar-refractivity contribution in [2.75, 3.05) is 20.2 Å². The van der Waals surface area contributed by atoms with Crippen molar-refractivity contribution in [3.05, 3.63) is 29.3 Å². The fourth-order valence-corrected chi connectivity index (χ4v) is 2.30. The molecule has 1 aliphatic carbocycles. The van der Waals surface area contributed by atoms with E-state index in [0.717, 1.165) is 25.3 Å². The lowest BCUT2D eigenvalue weighted by Crippen LogP contribution is -2.22. The zero-order chi connectivity index (χ0) is 11.4. The lowest BCUT2D eigenvalue weighted by molar-refractivity contribution is 0.413. The third kappa shape index (κ3) is 2.36. The highest BCUT2D eigenvalue weighted by molar-refractivity contribution is 5.40. The Bertz CT molecular complexity index is 352. The van der Waals surface area contributed by atoms with Crippen LogP contribution >= 0.6 is 0 Å². The second-order valence-electron chi connectivity index (χ2n) is 4.25. The fourth-order valence-electron chi connectivity index (χ4n) is 2.30. The van der Waals surface area contributed by atoms with Crippen LogP contribution in [0.4, 0.5) is 0 Å². The highest BCUT2D eigenvalue weighted by atomic mass is 16.5. The average molecular weight is 220 g/mol. The number of ether oxygens (including phenoxy) is 1. The zero-order valence-electron chi connectivity index (χ0n) is 9.83. The molecule has 3 N–H and O–H groups in total. The van der Waals surface area contributed by atoms with Crippen LogP contribution in [-0.4, -0.2) is 20.2 Å². The van der Waals surface area contributed by atoms with Crippen LogP contribution in [0, 0.1) is 0 Å². The van der Waals surface area contributed by atoms with E-state index in [1.807, 2.05) is 6.07 Å². The Balaban J connectivity index is 2.05. The Kier molecular flexibility index (Phi) is 3.80. The number of hydrogen-bond donors (Lipinski definition) is 2. The largest absolute Gasteiger partial charge is 0.497 e. The van der Waals surface area contributed by atoms with Gasteiger partial charge in [-0.05, 0) is 55.6 Å². The predicted octanol–water partition coefficient (Wildman–Crippen LogP) is 1.62. The molecule has 0 amide bonds. The Morgan fingerprint density at radius 3 is 3.12 bits per heavy atom. The van der Waals surface area contributed by atoms with Crippen LogP contribution in [0.5, 0.6) is 5.75 Å². The normalized spacial score (nSPS) is 18.5. The second-order valence-corrected chi connectivity index (χ2v) is 4.25. The molecule has 3 heteroatoms. The lowest BCUT2D eigenvalue weighted by atomic mass is 10.1. The lowest BCUT2D eigenvalue weighted by Gasteiger charge is -2.14. The molecule has 0 radical (unpaired) electrons. The summed E-state index contributed by atoms with van der Waals surface area (Å²) in [7, 11) is 1.72. The van der Waals surface area contributed by atoms with Gasteiger partial charge in [-0.15, -0.1) is 0 Å². The van der Waals surface area contributed by atoms with Gasteiger partial charge >= 0.3 is 0 Å². The van der Waals surface area contributed by atoms with Crippen LogP contribution < -0.4 is 15.8 Å². The van der Waals surface area contributed by atoms with Gasteiger partial charge in [0, 0.05) is 6.04 Å². The molecular weight excluding hydrogens is 200 g/mol. The van der Waals surface area contributed by atoms with Crippen molar-refractivity contribution in [1.29, 1.82) is 0 Å². The van der Waals surface area contributed by atoms with Crippen molar-refractivity contribution >= 4 is 0 Å². The smallest absolute Gasteiger partial charge is 0.119 e. The van der Waals surface area contributed by atoms with Crippen molar-refractivity contribution in [2.24, 2.45) is 5.73 Å². The van der Waals surface area contributed by atoms with Gasteiger partial charge in [-0.1, -0.05) is 6.07 Å². The van der Waals surface area contributed by atoms with Crippen molar-refractivity contribution < 1.29 is 4.74 Å². The summed E-state index contributed by atoms with van der Waals surface area (Å²) in [5, 5.41) is 3.55. The summed E-state index contributed by atoms with van der Waals surface area (Å²) in [5.74, 6) is 0.950. The molecule has 0 spiro atoms. The van der Waals surface area contributed by atoms with Crippen LogP contribution in [-0.2, 0) is 6.42 Å². The van der Waals surface area contributed by atoms with Gasteiger partial charge < -0.3 is 15.8 Å². The Morgan fingerprint density at radius 1 is 1.50 bits per heavy atom. The molecule has 88 valence electrons. The molecule has 0 heterocycles. The SMILES string of the molecule is COc1ccc2c(c1)C(NCCCN)CC2. The van der Waals surface area contributed by atoms with E-state index >= 15 is 0 Å². The van der Waals surface area contributed by atoms with Gasteiger partial charge in [0.05, 0.1) is 7.11 Å². The summed E-state index contributed by atoms with van der Waals surface area (Å²) in [4.78, 5) is 0. The predicted molar refractivity (Wildman–Crippen MR) is 65.7 cm³/mol. The molecule has 16 heavy (non-hydrogen) atoms. The van der Waals surface area contributed by atoms with Gasteiger partial charge in [0.1, 0.15) is 5.75 Å². The van der Waals surface area contributed by atoms with Gasteiger partial charge in [0.15, 0.2) is 0 Å². The first kappa shape index (κ1) is 11.4. The van der Waals surface area contributed by atoms with Crippen molar-refractivity contribution in [1.82, 2.24) is 5.32 Å². The highest BCUT2D eigenvalue weighted by Crippen LogP contribution is 2.33. The number of nitrogens with one attached hydrogen (secondary N) is 1. The molecule has 1 aromatic carbocycles. The minimum atomic E-state index is 0.483. The molecule has 0 saturated heterocycles. The monoisotopic (exact) mass is 220 g/mol. The first-order valence-corrected chi connectivity index (χ1v) is 5.95. The van der Waals surface area contributed by atoms with E-state index in [-0.39, 0.29) is 0 Å². The molecular formula is C13H20N2O. The summed E-state index contributed by atoms with van der Waals surface area (Å²) in [5.41, 5.74) is 8.34. The van der Waals surface area contributed by atoms with Crippen molar-refractivity contribution in [2.45, 2.75) is 25.3 Å². The molecule has 1 atom stereocenters. The van der Waals surface area contributed by atoms with Crippen molar-refractivity contribution in [3.63, 3.8) is 0 Å². The quantitative estimate of drug-likeness (QED) is 0.741. The molecule has 0 aliphatic heterocycles. The first-order chi connectivity index (χ1) is 7.85. The summed E-state index contributed by atoms with van der Waals surface area (Å²) in [6.45, 7) is 1.75. The average Bonchev–Trinajstić information content (AvgIpc) is 2.72. The van der Waals surface area contributed by atoms with E-state index in [1.54, 1.807) is 7.11 Å². The molecule has 3 nitrogen and oxygen atoms in total. The maximum absolute atomic E-state index is 5.49. The molecule has 0 bridgehead atoms. The van der Waals surface area contributed by atoms with Crippen LogP contribution in [0.1, 0.15) is 30.0 Å². The number of nitrogens with two attached hydrogens (primary N) is 1. The second kappa shape index (κ2) is 5.32. The number of methoxy groups -OCH3 is 1. The van der Waals surface area contributed by atoms with Crippen LogP contribution in [0.15, 0.2) is 18.2 Å². The number of benzene rings is 1.